The van der Waals surface area contributed by atoms with E-state index in [1.165, 1.54) is 4.57 Å². The second kappa shape index (κ2) is 4.02. The van der Waals surface area contributed by atoms with Crippen molar-refractivity contribution in [1.82, 2.24) is 9.55 Å². The minimum atomic E-state index is -0.577. The predicted molar refractivity (Wildman–Crippen MR) is 57.8 cm³/mol. The molecule has 0 aliphatic carbocycles. The summed E-state index contributed by atoms with van der Waals surface area (Å²) >= 11 is 3.11. The summed E-state index contributed by atoms with van der Waals surface area (Å²) in [6, 6.07) is 7.16. The van der Waals surface area contributed by atoms with Gasteiger partial charge in [0.25, 0.3) is 6.08 Å². The number of benzene rings is 1. The van der Waals surface area contributed by atoms with Crippen molar-refractivity contribution in [1.29, 1.82) is 0 Å². The Hall–Kier alpha value is -1.36. The van der Waals surface area contributed by atoms with Gasteiger partial charge in [0.05, 0.1) is 12.8 Å². The Labute approximate surface area is 94.6 Å². The first-order chi connectivity index (χ1) is 7.22. The summed E-state index contributed by atoms with van der Waals surface area (Å²) in [4.78, 5) is 3.62. The number of methoxy groups -OCH3 is 1. The molecule has 5 heteroatoms. The minimum absolute atomic E-state index is 0.450. The molecule has 0 aliphatic heterocycles. The summed E-state index contributed by atoms with van der Waals surface area (Å²) in [6.45, 7) is 0. The van der Waals surface area contributed by atoms with Crippen LogP contribution in [0.25, 0.3) is 5.69 Å². The molecule has 1 heterocycles. The highest BCUT2D eigenvalue weighted by molar-refractivity contribution is 9.10. The van der Waals surface area contributed by atoms with Crippen molar-refractivity contribution in [3.05, 3.63) is 41.1 Å². The highest BCUT2D eigenvalue weighted by Crippen LogP contribution is 2.24. The fourth-order valence-corrected chi connectivity index (χ4v) is 1.68. The highest BCUT2D eigenvalue weighted by atomic mass is 79.9. The zero-order valence-electron chi connectivity index (χ0n) is 7.95. The fraction of sp³-hybridized carbons (Fsp3) is 0.100. The third-order valence-corrected chi connectivity index (χ3v) is 2.36. The molecule has 2 aromatic rings. The molecule has 0 spiro atoms. The van der Waals surface area contributed by atoms with E-state index in [0.29, 0.717) is 16.0 Å². The van der Waals surface area contributed by atoms with Gasteiger partial charge in [-0.05, 0) is 28.1 Å². The molecular formula is C10H8BrFN2O. The Bertz CT molecular complexity index is 484. The van der Waals surface area contributed by atoms with Gasteiger partial charge in [0.2, 0.25) is 0 Å². The lowest BCUT2D eigenvalue weighted by atomic mass is 10.3. The van der Waals surface area contributed by atoms with E-state index in [1.807, 2.05) is 12.1 Å². The molecule has 0 amide bonds. The smallest absolute Gasteiger partial charge is 0.295 e. The Balaban J connectivity index is 2.58. The summed E-state index contributed by atoms with van der Waals surface area (Å²) in [5.74, 6) is 0.598. The molecular weight excluding hydrogens is 263 g/mol. The second-order valence-corrected chi connectivity index (χ2v) is 3.69. The molecule has 0 saturated carbocycles. The molecule has 15 heavy (non-hydrogen) atoms. The van der Waals surface area contributed by atoms with E-state index in [9.17, 15) is 4.39 Å². The first-order valence-electron chi connectivity index (χ1n) is 4.26. The third kappa shape index (κ3) is 1.87. The molecule has 0 saturated heterocycles. The molecule has 0 bridgehead atoms. The van der Waals surface area contributed by atoms with E-state index < -0.39 is 6.08 Å². The van der Waals surface area contributed by atoms with Crippen LogP contribution in [0, 0.1) is 6.08 Å². The van der Waals surface area contributed by atoms with Crippen molar-refractivity contribution >= 4 is 15.9 Å². The number of rotatable bonds is 2. The van der Waals surface area contributed by atoms with E-state index in [2.05, 4.69) is 20.9 Å². The van der Waals surface area contributed by atoms with Crippen molar-refractivity contribution in [3.8, 4) is 11.4 Å². The van der Waals surface area contributed by atoms with Gasteiger partial charge in [-0.3, -0.25) is 4.57 Å². The topological polar surface area (TPSA) is 27.1 Å². The van der Waals surface area contributed by atoms with Crippen LogP contribution in [0.5, 0.6) is 5.75 Å². The Kier molecular flexibility index (Phi) is 2.73. The van der Waals surface area contributed by atoms with E-state index in [1.54, 1.807) is 25.4 Å². The zero-order valence-corrected chi connectivity index (χ0v) is 9.53. The van der Waals surface area contributed by atoms with Crippen molar-refractivity contribution in [2.75, 3.05) is 7.11 Å². The van der Waals surface area contributed by atoms with Gasteiger partial charge in [-0.25, -0.2) is 0 Å². The van der Waals surface area contributed by atoms with Crippen molar-refractivity contribution in [2.24, 2.45) is 0 Å². The Morgan fingerprint density at radius 1 is 1.40 bits per heavy atom. The van der Waals surface area contributed by atoms with Crippen LogP contribution in [-0.2, 0) is 0 Å². The van der Waals surface area contributed by atoms with Crippen LogP contribution in [0.4, 0.5) is 4.39 Å². The van der Waals surface area contributed by atoms with Gasteiger partial charge in [0.15, 0.2) is 0 Å². The molecule has 2 rings (SSSR count). The van der Waals surface area contributed by atoms with Gasteiger partial charge in [-0.1, -0.05) is 12.1 Å². The average molecular weight is 271 g/mol. The number of ether oxygens (including phenoxy) is 1. The minimum Gasteiger partial charge on any atom is -0.495 e. The lowest BCUT2D eigenvalue weighted by molar-refractivity contribution is 0.409. The number of hydrogen-bond donors (Lipinski definition) is 0. The molecule has 0 radical (unpaired) electrons. The van der Waals surface area contributed by atoms with E-state index in [4.69, 9.17) is 4.74 Å². The average Bonchev–Trinajstić information content (AvgIpc) is 2.57. The van der Waals surface area contributed by atoms with Gasteiger partial charge in [0, 0.05) is 6.20 Å². The highest BCUT2D eigenvalue weighted by Gasteiger charge is 2.10. The van der Waals surface area contributed by atoms with Gasteiger partial charge < -0.3 is 4.74 Å². The third-order valence-electron chi connectivity index (χ3n) is 1.98. The summed E-state index contributed by atoms with van der Waals surface area (Å²) in [5, 5.41) is 0. The van der Waals surface area contributed by atoms with Crippen molar-refractivity contribution < 1.29 is 9.13 Å². The Morgan fingerprint density at radius 2 is 2.13 bits per heavy atom. The first-order valence-corrected chi connectivity index (χ1v) is 5.05. The molecule has 0 fully saturated rings. The van der Waals surface area contributed by atoms with Gasteiger partial charge in [0.1, 0.15) is 10.4 Å². The second-order valence-electron chi connectivity index (χ2n) is 2.87. The molecule has 1 aromatic heterocycles. The zero-order chi connectivity index (χ0) is 10.8. The monoisotopic (exact) mass is 270 g/mol. The van der Waals surface area contributed by atoms with E-state index in [-0.39, 0.29) is 0 Å². The van der Waals surface area contributed by atoms with Crippen LogP contribution >= 0.6 is 15.9 Å². The summed E-state index contributed by atoms with van der Waals surface area (Å²) < 4.78 is 20.3. The number of para-hydroxylation sites is 2. The summed E-state index contributed by atoms with van der Waals surface area (Å²) in [7, 11) is 1.54. The molecule has 0 atom stereocenters. The maximum absolute atomic E-state index is 13.4. The number of imidazole rings is 1. The standard InChI is InChI=1S/C10H8BrFN2O/c1-15-8-5-3-2-4-7(8)14-6-9(11)13-10(14)12/h2-6H,1H3. The summed E-state index contributed by atoms with van der Waals surface area (Å²) in [6.07, 6.45) is 0.971. The maximum atomic E-state index is 13.4. The SMILES string of the molecule is COc1ccccc1-n1cc(Br)nc1F. The lowest BCUT2D eigenvalue weighted by Crippen LogP contribution is -1.99. The molecule has 0 N–H and O–H groups in total. The quantitative estimate of drug-likeness (QED) is 0.839. The van der Waals surface area contributed by atoms with Crippen molar-refractivity contribution in [3.63, 3.8) is 0 Å². The van der Waals surface area contributed by atoms with Gasteiger partial charge >= 0.3 is 0 Å². The fourth-order valence-electron chi connectivity index (χ4n) is 1.33. The molecule has 3 nitrogen and oxygen atoms in total. The van der Waals surface area contributed by atoms with E-state index >= 15 is 0 Å². The number of halogens is 2. The number of aromatic nitrogens is 2. The van der Waals surface area contributed by atoms with Crippen LogP contribution in [0.3, 0.4) is 0 Å². The van der Waals surface area contributed by atoms with Crippen LogP contribution < -0.4 is 4.74 Å². The van der Waals surface area contributed by atoms with E-state index in [0.717, 1.165) is 0 Å². The summed E-state index contributed by atoms with van der Waals surface area (Å²) in [5.41, 5.74) is 0.621. The molecule has 0 aliphatic rings. The van der Waals surface area contributed by atoms with Crippen molar-refractivity contribution in [2.45, 2.75) is 0 Å². The normalized spacial score (nSPS) is 10.3. The number of hydrogen-bond acceptors (Lipinski definition) is 2. The van der Waals surface area contributed by atoms with Gasteiger partial charge in [-0.2, -0.15) is 9.37 Å². The molecule has 78 valence electrons. The molecule has 1 aromatic carbocycles. The van der Waals surface area contributed by atoms with Crippen LogP contribution in [0.15, 0.2) is 35.1 Å². The predicted octanol–water partition coefficient (Wildman–Crippen LogP) is 2.78. The lowest BCUT2D eigenvalue weighted by Gasteiger charge is -2.08. The van der Waals surface area contributed by atoms with Crippen LogP contribution in [-0.4, -0.2) is 16.7 Å². The maximum Gasteiger partial charge on any atom is 0.295 e. The van der Waals surface area contributed by atoms with Crippen LogP contribution in [0.1, 0.15) is 0 Å². The van der Waals surface area contributed by atoms with Gasteiger partial charge in [-0.15, -0.1) is 0 Å². The largest absolute Gasteiger partial charge is 0.495 e. The first kappa shape index (κ1) is 10.2. The van der Waals surface area contributed by atoms with Crippen LogP contribution in [0.2, 0.25) is 0 Å². The molecule has 0 unspecified atom stereocenters. The number of nitrogens with zero attached hydrogens (tertiary/aromatic N) is 2. The Morgan fingerprint density at radius 3 is 2.73 bits per heavy atom.